The summed E-state index contributed by atoms with van der Waals surface area (Å²) in [4.78, 5) is 14.4. The lowest BCUT2D eigenvalue weighted by Gasteiger charge is -2.21. The summed E-state index contributed by atoms with van der Waals surface area (Å²) in [6.07, 6.45) is 5.98. The second-order valence-electron chi connectivity index (χ2n) is 5.95. The molecule has 1 atom stereocenters. The Bertz CT molecular complexity index is 235. The van der Waals surface area contributed by atoms with Crippen LogP contribution in [0, 0.1) is 11.3 Å². The molecular formula is C14H27NO. The van der Waals surface area contributed by atoms with Gasteiger partial charge in [-0.05, 0) is 32.9 Å². The molecule has 1 saturated carbocycles. The van der Waals surface area contributed by atoms with Gasteiger partial charge in [0.25, 0.3) is 0 Å². The predicted octanol–water partition coefficient (Wildman–Crippen LogP) is 3.11. The molecule has 0 aliphatic heterocycles. The Hall–Kier alpha value is -0.370. The lowest BCUT2D eigenvalue weighted by Crippen LogP contribution is -2.31. The van der Waals surface area contributed by atoms with E-state index >= 15 is 0 Å². The van der Waals surface area contributed by atoms with Crippen LogP contribution in [0.5, 0.6) is 0 Å². The fourth-order valence-electron chi connectivity index (χ4n) is 2.62. The molecule has 0 spiro atoms. The zero-order chi connectivity index (χ0) is 12.2. The SMILES string of the molecule is CCCCCN(C)CC1CCC(C)(C)C1=O. The first-order valence-electron chi connectivity index (χ1n) is 6.70. The highest BCUT2D eigenvalue weighted by Crippen LogP contribution is 2.37. The summed E-state index contributed by atoms with van der Waals surface area (Å²) < 4.78 is 0. The van der Waals surface area contributed by atoms with Gasteiger partial charge in [0.05, 0.1) is 0 Å². The van der Waals surface area contributed by atoms with Crippen molar-refractivity contribution in [3.63, 3.8) is 0 Å². The van der Waals surface area contributed by atoms with Crippen molar-refractivity contribution in [2.75, 3.05) is 20.1 Å². The number of hydrogen-bond donors (Lipinski definition) is 0. The molecule has 0 aromatic heterocycles. The Labute approximate surface area is 100 Å². The maximum atomic E-state index is 12.1. The van der Waals surface area contributed by atoms with Crippen molar-refractivity contribution in [2.45, 2.75) is 52.9 Å². The van der Waals surface area contributed by atoms with Crippen molar-refractivity contribution >= 4 is 5.78 Å². The van der Waals surface area contributed by atoms with Gasteiger partial charge in [0.15, 0.2) is 0 Å². The molecule has 94 valence electrons. The van der Waals surface area contributed by atoms with Gasteiger partial charge in [0.1, 0.15) is 5.78 Å². The summed E-state index contributed by atoms with van der Waals surface area (Å²) in [5.41, 5.74) is -0.0606. The molecule has 0 bridgehead atoms. The molecule has 0 N–H and O–H groups in total. The minimum atomic E-state index is -0.0606. The number of unbranched alkanes of at least 4 members (excludes halogenated alkanes) is 2. The van der Waals surface area contributed by atoms with Crippen LogP contribution in [0.15, 0.2) is 0 Å². The van der Waals surface area contributed by atoms with Crippen molar-refractivity contribution in [3.05, 3.63) is 0 Å². The van der Waals surface area contributed by atoms with Crippen molar-refractivity contribution in [3.8, 4) is 0 Å². The van der Waals surface area contributed by atoms with Gasteiger partial charge in [-0.3, -0.25) is 4.79 Å². The minimum Gasteiger partial charge on any atom is -0.306 e. The van der Waals surface area contributed by atoms with E-state index in [2.05, 4.69) is 32.7 Å². The standard InChI is InChI=1S/C14H27NO/c1-5-6-7-10-15(4)11-12-8-9-14(2,3)13(12)16/h12H,5-11H2,1-4H3. The first-order chi connectivity index (χ1) is 7.47. The van der Waals surface area contributed by atoms with Gasteiger partial charge in [-0.1, -0.05) is 33.6 Å². The van der Waals surface area contributed by atoms with Crippen LogP contribution >= 0.6 is 0 Å². The topological polar surface area (TPSA) is 20.3 Å². The smallest absolute Gasteiger partial charge is 0.142 e. The summed E-state index contributed by atoms with van der Waals surface area (Å²) in [6, 6.07) is 0. The molecule has 2 heteroatoms. The average Bonchev–Trinajstić information content (AvgIpc) is 2.46. The lowest BCUT2D eigenvalue weighted by atomic mass is 9.89. The Balaban J connectivity index is 2.30. The van der Waals surface area contributed by atoms with Gasteiger partial charge in [0, 0.05) is 17.9 Å². The molecule has 1 unspecified atom stereocenters. The van der Waals surface area contributed by atoms with Crippen LogP contribution in [-0.2, 0) is 4.79 Å². The summed E-state index contributed by atoms with van der Waals surface area (Å²) in [5, 5.41) is 0. The molecule has 1 rings (SSSR count). The summed E-state index contributed by atoms with van der Waals surface area (Å²) >= 11 is 0. The number of nitrogens with zero attached hydrogens (tertiary/aromatic N) is 1. The zero-order valence-electron chi connectivity index (χ0n) is 11.4. The van der Waals surface area contributed by atoms with Gasteiger partial charge >= 0.3 is 0 Å². The third-order valence-corrected chi connectivity index (χ3v) is 3.83. The van der Waals surface area contributed by atoms with E-state index in [-0.39, 0.29) is 5.41 Å². The van der Waals surface area contributed by atoms with Crippen molar-refractivity contribution < 1.29 is 4.79 Å². The molecule has 1 aliphatic rings. The molecule has 0 amide bonds. The highest BCUT2D eigenvalue weighted by atomic mass is 16.1. The second-order valence-corrected chi connectivity index (χ2v) is 5.95. The minimum absolute atomic E-state index is 0.0606. The van der Waals surface area contributed by atoms with Crippen molar-refractivity contribution in [1.29, 1.82) is 0 Å². The van der Waals surface area contributed by atoms with Crippen LogP contribution in [0.4, 0.5) is 0 Å². The van der Waals surface area contributed by atoms with Gasteiger partial charge in [-0.2, -0.15) is 0 Å². The van der Waals surface area contributed by atoms with E-state index in [1.165, 1.54) is 19.3 Å². The van der Waals surface area contributed by atoms with E-state index in [4.69, 9.17) is 0 Å². The van der Waals surface area contributed by atoms with Crippen LogP contribution in [0.3, 0.4) is 0 Å². The maximum Gasteiger partial charge on any atom is 0.142 e. The Kier molecular flexibility index (Phi) is 4.97. The van der Waals surface area contributed by atoms with Gasteiger partial charge in [-0.15, -0.1) is 0 Å². The van der Waals surface area contributed by atoms with Crippen molar-refractivity contribution in [2.24, 2.45) is 11.3 Å². The third-order valence-electron chi connectivity index (χ3n) is 3.83. The molecule has 1 fully saturated rings. The molecule has 0 saturated heterocycles. The van der Waals surface area contributed by atoms with E-state index < -0.39 is 0 Å². The molecule has 0 radical (unpaired) electrons. The molecule has 0 aromatic carbocycles. The quantitative estimate of drug-likeness (QED) is 0.647. The van der Waals surface area contributed by atoms with E-state index in [0.29, 0.717) is 11.7 Å². The number of ketones is 1. The van der Waals surface area contributed by atoms with Crippen molar-refractivity contribution in [1.82, 2.24) is 4.90 Å². The fourth-order valence-corrected chi connectivity index (χ4v) is 2.62. The first-order valence-corrected chi connectivity index (χ1v) is 6.70. The largest absolute Gasteiger partial charge is 0.306 e. The predicted molar refractivity (Wildman–Crippen MR) is 68.5 cm³/mol. The van der Waals surface area contributed by atoms with Crippen LogP contribution in [0.1, 0.15) is 52.9 Å². The molecule has 16 heavy (non-hydrogen) atoms. The Morgan fingerprint density at radius 1 is 1.38 bits per heavy atom. The summed E-state index contributed by atoms with van der Waals surface area (Å²) in [5.74, 6) is 0.775. The third kappa shape index (κ3) is 3.58. The summed E-state index contributed by atoms with van der Waals surface area (Å²) in [6.45, 7) is 8.51. The van der Waals surface area contributed by atoms with Gasteiger partial charge in [-0.25, -0.2) is 0 Å². The molecule has 0 heterocycles. The van der Waals surface area contributed by atoms with Crippen LogP contribution < -0.4 is 0 Å². The number of Topliss-reactive ketones (excluding diaryl/α,β-unsaturated/α-hetero) is 1. The highest BCUT2D eigenvalue weighted by Gasteiger charge is 2.40. The highest BCUT2D eigenvalue weighted by molar-refractivity contribution is 5.88. The fraction of sp³-hybridized carbons (Fsp3) is 0.929. The average molecular weight is 225 g/mol. The van der Waals surface area contributed by atoms with Crippen LogP contribution in [-0.4, -0.2) is 30.8 Å². The Morgan fingerprint density at radius 2 is 2.06 bits per heavy atom. The second kappa shape index (κ2) is 5.81. The van der Waals surface area contributed by atoms with E-state index in [9.17, 15) is 4.79 Å². The van der Waals surface area contributed by atoms with E-state index in [1.54, 1.807) is 0 Å². The lowest BCUT2D eigenvalue weighted by molar-refractivity contribution is -0.127. The number of carbonyl (C=O) groups excluding carboxylic acids is 1. The summed E-state index contributed by atoms with van der Waals surface area (Å²) in [7, 11) is 2.15. The monoisotopic (exact) mass is 225 g/mol. The molecule has 0 aromatic rings. The first kappa shape index (κ1) is 13.7. The van der Waals surface area contributed by atoms with Gasteiger partial charge < -0.3 is 4.90 Å². The van der Waals surface area contributed by atoms with Crippen LogP contribution in [0.2, 0.25) is 0 Å². The van der Waals surface area contributed by atoms with E-state index in [0.717, 1.165) is 25.9 Å². The molecule has 2 nitrogen and oxygen atoms in total. The van der Waals surface area contributed by atoms with Crippen LogP contribution in [0.25, 0.3) is 0 Å². The van der Waals surface area contributed by atoms with E-state index in [1.807, 2.05) is 0 Å². The number of hydrogen-bond acceptors (Lipinski definition) is 2. The zero-order valence-corrected chi connectivity index (χ0v) is 11.4. The Morgan fingerprint density at radius 3 is 2.56 bits per heavy atom. The molecular weight excluding hydrogens is 198 g/mol. The van der Waals surface area contributed by atoms with Gasteiger partial charge in [0.2, 0.25) is 0 Å². The number of carbonyl (C=O) groups is 1. The molecule has 1 aliphatic carbocycles. The maximum absolute atomic E-state index is 12.1. The normalized spacial score (nSPS) is 24.3. The number of rotatable bonds is 6.